The first-order valence-electron chi connectivity index (χ1n) is 6.72. The molecule has 0 aliphatic carbocycles. The standard InChI is InChI=1S/C15H14N2O6S/c1-11(18)16(24(2,21)22)14-9-8-12(17(19)20)10-15(14)23-13-6-4-3-5-7-13/h3-10H,1-2H3. The molecular formula is C15H14N2O6S. The Bertz CT molecular complexity index is 880. The average molecular weight is 350 g/mol. The van der Waals surface area contributed by atoms with E-state index >= 15 is 0 Å². The highest BCUT2D eigenvalue weighted by Gasteiger charge is 2.27. The molecule has 0 heterocycles. The van der Waals surface area contributed by atoms with Crippen molar-refractivity contribution in [1.29, 1.82) is 0 Å². The van der Waals surface area contributed by atoms with Gasteiger partial charge in [0.15, 0.2) is 5.75 Å². The summed E-state index contributed by atoms with van der Waals surface area (Å²) >= 11 is 0. The van der Waals surface area contributed by atoms with Gasteiger partial charge in [-0.2, -0.15) is 0 Å². The minimum Gasteiger partial charge on any atom is -0.455 e. The van der Waals surface area contributed by atoms with Crippen molar-refractivity contribution in [2.45, 2.75) is 6.92 Å². The van der Waals surface area contributed by atoms with Gasteiger partial charge in [-0.3, -0.25) is 14.9 Å². The summed E-state index contributed by atoms with van der Waals surface area (Å²) in [6.07, 6.45) is 0.863. The topological polar surface area (TPSA) is 107 Å². The van der Waals surface area contributed by atoms with E-state index in [1.54, 1.807) is 30.3 Å². The highest BCUT2D eigenvalue weighted by atomic mass is 32.2. The minimum atomic E-state index is -3.93. The van der Waals surface area contributed by atoms with Crippen LogP contribution in [0.15, 0.2) is 48.5 Å². The maximum absolute atomic E-state index is 11.9. The molecule has 2 aromatic carbocycles. The number of sulfonamides is 1. The van der Waals surface area contributed by atoms with Gasteiger partial charge in [0, 0.05) is 13.0 Å². The quantitative estimate of drug-likeness (QED) is 0.606. The van der Waals surface area contributed by atoms with E-state index in [0.29, 0.717) is 10.1 Å². The number of hydrogen-bond donors (Lipinski definition) is 0. The first-order valence-corrected chi connectivity index (χ1v) is 8.57. The lowest BCUT2D eigenvalue weighted by Gasteiger charge is -2.21. The van der Waals surface area contributed by atoms with Gasteiger partial charge in [0.25, 0.3) is 5.69 Å². The fraction of sp³-hybridized carbons (Fsp3) is 0.133. The molecule has 2 rings (SSSR count). The third-order valence-electron chi connectivity index (χ3n) is 2.96. The zero-order chi connectivity index (χ0) is 17.9. The van der Waals surface area contributed by atoms with Crippen molar-refractivity contribution in [3.05, 3.63) is 58.6 Å². The van der Waals surface area contributed by atoms with Crippen molar-refractivity contribution >= 4 is 27.3 Å². The molecule has 0 bridgehead atoms. The Kier molecular flexibility index (Phi) is 4.84. The van der Waals surface area contributed by atoms with E-state index in [9.17, 15) is 23.3 Å². The van der Waals surface area contributed by atoms with Crippen molar-refractivity contribution in [2.24, 2.45) is 0 Å². The molecule has 0 N–H and O–H groups in total. The number of carbonyl (C=O) groups excluding carboxylic acids is 1. The number of ether oxygens (including phenoxy) is 1. The van der Waals surface area contributed by atoms with Crippen LogP contribution in [-0.2, 0) is 14.8 Å². The lowest BCUT2D eigenvalue weighted by atomic mass is 10.2. The largest absolute Gasteiger partial charge is 0.455 e. The fourth-order valence-corrected chi connectivity index (χ4v) is 3.04. The Morgan fingerprint density at radius 2 is 1.79 bits per heavy atom. The molecule has 1 amide bonds. The number of rotatable bonds is 5. The van der Waals surface area contributed by atoms with Crippen molar-refractivity contribution in [2.75, 3.05) is 10.6 Å². The molecule has 0 aliphatic rings. The van der Waals surface area contributed by atoms with Crippen LogP contribution in [0.4, 0.5) is 11.4 Å². The van der Waals surface area contributed by atoms with E-state index in [4.69, 9.17) is 4.74 Å². The number of nitro benzene ring substituents is 1. The van der Waals surface area contributed by atoms with Gasteiger partial charge < -0.3 is 4.74 Å². The van der Waals surface area contributed by atoms with Crippen LogP contribution < -0.4 is 9.04 Å². The number of para-hydroxylation sites is 1. The molecule has 24 heavy (non-hydrogen) atoms. The normalized spacial score (nSPS) is 10.9. The van der Waals surface area contributed by atoms with Gasteiger partial charge in [-0.05, 0) is 18.2 Å². The van der Waals surface area contributed by atoms with Crippen molar-refractivity contribution in [3.8, 4) is 11.5 Å². The number of nitro groups is 1. The molecule has 0 aliphatic heterocycles. The summed E-state index contributed by atoms with van der Waals surface area (Å²) in [6, 6.07) is 11.7. The Morgan fingerprint density at radius 3 is 2.29 bits per heavy atom. The van der Waals surface area contributed by atoms with Crippen LogP contribution in [0.25, 0.3) is 0 Å². The van der Waals surface area contributed by atoms with Crippen LogP contribution in [0.5, 0.6) is 11.5 Å². The van der Waals surface area contributed by atoms with Gasteiger partial charge in [-0.25, -0.2) is 12.7 Å². The number of benzene rings is 2. The zero-order valence-electron chi connectivity index (χ0n) is 12.9. The van der Waals surface area contributed by atoms with Gasteiger partial charge in [0.2, 0.25) is 15.9 Å². The van der Waals surface area contributed by atoms with Gasteiger partial charge in [0.1, 0.15) is 11.4 Å². The number of amides is 1. The third-order valence-corrected chi connectivity index (χ3v) is 4.08. The SMILES string of the molecule is CC(=O)N(c1ccc([N+](=O)[O-])cc1Oc1ccccc1)S(C)(=O)=O. The minimum absolute atomic E-state index is 0.0977. The van der Waals surface area contributed by atoms with E-state index < -0.39 is 20.9 Å². The molecule has 0 fully saturated rings. The predicted octanol–water partition coefficient (Wildman–Crippen LogP) is 2.70. The van der Waals surface area contributed by atoms with Crippen LogP contribution in [-0.4, -0.2) is 25.5 Å². The van der Waals surface area contributed by atoms with Gasteiger partial charge in [0.05, 0.1) is 17.2 Å². The second kappa shape index (κ2) is 6.67. The van der Waals surface area contributed by atoms with E-state index in [1.165, 1.54) is 6.07 Å². The number of carbonyl (C=O) groups is 1. The summed E-state index contributed by atoms with van der Waals surface area (Å²) in [7, 11) is -3.93. The maximum atomic E-state index is 11.9. The van der Waals surface area contributed by atoms with E-state index in [0.717, 1.165) is 25.3 Å². The smallest absolute Gasteiger partial charge is 0.273 e. The summed E-state index contributed by atoms with van der Waals surface area (Å²) in [5.41, 5.74) is -0.388. The van der Waals surface area contributed by atoms with Crippen LogP contribution in [0.2, 0.25) is 0 Å². The number of non-ortho nitro benzene ring substituents is 1. The van der Waals surface area contributed by atoms with E-state index in [-0.39, 0.29) is 17.1 Å². The fourth-order valence-electron chi connectivity index (χ4n) is 2.06. The van der Waals surface area contributed by atoms with Crippen LogP contribution in [0.1, 0.15) is 6.92 Å². The second-order valence-electron chi connectivity index (χ2n) is 4.87. The molecule has 0 aromatic heterocycles. The molecule has 126 valence electrons. The molecule has 0 saturated heterocycles. The summed E-state index contributed by atoms with van der Waals surface area (Å²) in [5, 5.41) is 11.0. The Hall–Kier alpha value is -2.94. The maximum Gasteiger partial charge on any atom is 0.273 e. The lowest BCUT2D eigenvalue weighted by molar-refractivity contribution is -0.384. The van der Waals surface area contributed by atoms with Gasteiger partial charge in [-0.15, -0.1) is 0 Å². The first-order chi connectivity index (χ1) is 11.2. The van der Waals surface area contributed by atoms with Crippen molar-refractivity contribution in [3.63, 3.8) is 0 Å². The Balaban J connectivity index is 2.62. The monoisotopic (exact) mass is 350 g/mol. The molecule has 0 spiro atoms. The average Bonchev–Trinajstić information content (AvgIpc) is 2.48. The van der Waals surface area contributed by atoms with Crippen LogP contribution in [0, 0.1) is 10.1 Å². The number of anilines is 1. The summed E-state index contributed by atoms with van der Waals surface area (Å²) < 4.78 is 29.9. The molecule has 8 nitrogen and oxygen atoms in total. The lowest BCUT2D eigenvalue weighted by Crippen LogP contribution is -2.34. The number of nitrogens with zero attached hydrogens (tertiary/aromatic N) is 2. The van der Waals surface area contributed by atoms with Crippen molar-refractivity contribution < 1.29 is 22.9 Å². The molecular weight excluding hydrogens is 336 g/mol. The molecule has 0 unspecified atom stereocenters. The van der Waals surface area contributed by atoms with E-state index in [1.807, 2.05) is 0 Å². The second-order valence-corrected chi connectivity index (χ2v) is 6.70. The molecule has 0 saturated carbocycles. The molecule has 0 atom stereocenters. The summed E-state index contributed by atoms with van der Waals surface area (Å²) in [5.74, 6) is -0.531. The summed E-state index contributed by atoms with van der Waals surface area (Å²) in [6.45, 7) is 1.08. The van der Waals surface area contributed by atoms with Gasteiger partial charge >= 0.3 is 0 Å². The highest BCUT2D eigenvalue weighted by molar-refractivity contribution is 7.92. The van der Waals surface area contributed by atoms with Gasteiger partial charge in [-0.1, -0.05) is 18.2 Å². The van der Waals surface area contributed by atoms with Crippen molar-refractivity contribution in [1.82, 2.24) is 0 Å². The zero-order valence-corrected chi connectivity index (χ0v) is 13.7. The first kappa shape index (κ1) is 17.4. The van der Waals surface area contributed by atoms with E-state index in [2.05, 4.69) is 0 Å². The molecule has 2 aromatic rings. The molecule has 0 radical (unpaired) electrons. The molecule has 9 heteroatoms. The third kappa shape index (κ3) is 3.87. The van der Waals surface area contributed by atoms with Crippen LogP contribution in [0.3, 0.4) is 0 Å². The number of hydrogen-bond acceptors (Lipinski definition) is 6. The van der Waals surface area contributed by atoms with Crippen LogP contribution >= 0.6 is 0 Å². The Morgan fingerprint density at radius 1 is 1.17 bits per heavy atom. The Labute approximate surface area is 138 Å². The highest BCUT2D eigenvalue weighted by Crippen LogP contribution is 2.36. The predicted molar refractivity (Wildman–Crippen MR) is 87.6 cm³/mol. The summed E-state index contributed by atoms with van der Waals surface area (Å²) in [4.78, 5) is 22.1.